The second kappa shape index (κ2) is 6.13. The third kappa shape index (κ3) is 2.71. The molecule has 1 aliphatic heterocycles. The summed E-state index contributed by atoms with van der Waals surface area (Å²) in [6.45, 7) is 2.15. The first-order chi connectivity index (χ1) is 10.3. The minimum Gasteiger partial charge on any atom is -0.484 e. The molecule has 0 N–H and O–H groups in total. The van der Waals surface area contributed by atoms with Gasteiger partial charge in [-0.1, -0.05) is 62.2 Å². The van der Waals surface area contributed by atoms with Crippen molar-refractivity contribution in [2.45, 2.75) is 32.3 Å². The van der Waals surface area contributed by atoms with Crippen molar-refractivity contribution in [2.24, 2.45) is 5.92 Å². The van der Waals surface area contributed by atoms with Gasteiger partial charge in [0, 0.05) is 0 Å². The van der Waals surface area contributed by atoms with E-state index in [-0.39, 0.29) is 17.8 Å². The summed E-state index contributed by atoms with van der Waals surface area (Å²) >= 11 is 0. The molecule has 0 saturated carbocycles. The molecule has 0 fully saturated rings. The Labute approximate surface area is 125 Å². The van der Waals surface area contributed by atoms with Gasteiger partial charge in [0.2, 0.25) is 0 Å². The standard InChI is InChI=1S/C19H20O2/c1-2-3-11-16-18(20)15-12-7-8-13-17(15)21-19(16)14-9-5-4-6-10-14/h4-10,12-13,16,19H,2-3,11H2,1H3. The Balaban J connectivity index is 1.99. The number of carbonyl (C=O) groups is 1. The summed E-state index contributed by atoms with van der Waals surface area (Å²) in [5.41, 5.74) is 1.81. The first-order valence-corrected chi connectivity index (χ1v) is 7.66. The lowest BCUT2D eigenvalue weighted by atomic mass is 9.82. The molecule has 2 heteroatoms. The predicted molar refractivity (Wildman–Crippen MR) is 83.6 cm³/mol. The zero-order chi connectivity index (χ0) is 14.7. The lowest BCUT2D eigenvalue weighted by molar-refractivity contribution is 0.0632. The Hall–Kier alpha value is -2.09. The van der Waals surface area contributed by atoms with E-state index in [2.05, 4.69) is 6.92 Å². The fraction of sp³-hybridized carbons (Fsp3) is 0.316. The summed E-state index contributed by atoms with van der Waals surface area (Å²) in [4.78, 5) is 12.8. The molecular weight excluding hydrogens is 260 g/mol. The van der Waals surface area contributed by atoms with Crippen LogP contribution in [0.4, 0.5) is 0 Å². The zero-order valence-corrected chi connectivity index (χ0v) is 12.3. The predicted octanol–water partition coefficient (Wildman–Crippen LogP) is 4.81. The molecule has 0 bridgehead atoms. The molecule has 21 heavy (non-hydrogen) atoms. The number of unbranched alkanes of at least 4 members (excludes halogenated alkanes) is 1. The maximum atomic E-state index is 12.8. The van der Waals surface area contributed by atoms with Gasteiger partial charge in [-0.3, -0.25) is 4.79 Å². The van der Waals surface area contributed by atoms with Gasteiger partial charge >= 0.3 is 0 Å². The maximum absolute atomic E-state index is 12.8. The van der Waals surface area contributed by atoms with Gasteiger partial charge < -0.3 is 4.74 Å². The van der Waals surface area contributed by atoms with Crippen LogP contribution in [0.25, 0.3) is 0 Å². The quantitative estimate of drug-likeness (QED) is 0.803. The summed E-state index contributed by atoms with van der Waals surface area (Å²) in [6.07, 6.45) is 2.85. The number of fused-ring (bicyclic) bond motifs is 1. The Kier molecular flexibility index (Phi) is 4.05. The van der Waals surface area contributed by atoms with Gasteiger partial charge in [-0.05, 0) is 24.1 Å². The lowest BCUT2D eigenvalue weighted by Crippen LogP contribution is -2.31. The van der Waals surface area contributed by atoms with Gasteiger partial charge in [0.1, 0.15) is 11.9 Å². The topological polar surface area (TPSA) is 26.3 Å². The highest BCUT2D eigenvalue weighted by molar-refractivity contribution is 6.01. The second-order valence-corrected chi connectivity index (χ2v) is 5.56. The average molecular weight is 280 g/mol. The molecule has 2 unspecified atom stereocenters. The van der Waals surface area contributed by atoms with E-state index >= 15 is 0 Å². The number of ketones is 1. The molecule has 0 spiro atoms. The molecule has 2 atom stereocenters. The fourth-order valence-electron chi connectivity index (χ4n) is 2.98. The molecule has 0 aromatic heterocycles. The van der Waals surface area contributed by atoms with Gasteiger partial charge in [-0.2, -0.15) is 0 Å². The fourth-order valence-corrected chi connectivity index (χ4v) is 2.98. The summed E-state index contributed by atoms with van der Waals surface area (Å²) in [5, 5.41) is 0. The van der Waals surface area contributed by atoms with Gasteiger partial charge in [0.05, 0.1) is 11.5 Å². The van der Waals surface area contributed by atoms with Crippen molar-refractivity contribution < 1.29 is 9.53 Å². The Bertz CT molecular complexity index is 618. The number of rotatable bonds is 4. The largest absolute Gasteiger partial charge is 0.484 e. The third-order valence-corrected chi connectivity index (χ3v) is 4.11. The maximum Gasteiger partial charge on any atom is 0.173 e. The molecule has 0 amide bonds. The average Bonchev–Trinajstić information content (AvgIpc) is 2.55. The molecule has 0 saturated heterocycles. The van der Waals surface area contributed by atoms with E-state index in [0.29, 0.717) is 5.75 Å². The van der Waals surface area contributed by atoms with Gasteiger partial charge in [0.15, 0.2) is 5.78 Å². The van der Waals surface area contributed by atoms with Crippen LogP contribution in [0.5, 0.6) is 5.75 Å². The highest BCUT2D eigenvalue weighted by atomic mass is 16.5. The number of hydrogen-bond acceptors (Lipinski definition) is 2. The van der Waals surface area contributed by atoms with Crippen molar-refractivity contribution in [3.05, 3.63) is 65.7 Å². The minimum absolute atomic E-state index is 0.0813. The summed E-state index contributed by atoms with van der Waals surface area (Å²) < 4.78 is 6.18. The molecule has 108 valence electrons. The minimum atomic E-state index is -0.167. The van der Waals surface area contributed by atoms with Crippen molar-refractivity contribution in [3.63, 3.8) is 0 Å². The van der Waals surface area contributed by atoms with Crippen molar-refractivity contribution in [1.82, 2.24) is 0 Å². The lowest BCUT2D eigenvalue weighted by Gasteiger charge is -2.33. The van der Waals surface area contributed by atoms with Crippen molar-refractivity contribution >= 4 is 5.78 Å². The highest BCUT2D eigenvalue weighted by Crippen LogP contribution is 2.40. The van der Waals surface area contributed by atoms with Crippen LogP contribution < -0.4 is 4.74 Å². The second-order valence-electron chi connectivity index (χ2n) is 5.56. The molecule has 3 rings (SSSR count). The van der Waals surface area contributed by atoms with Crippen LogP contribution in [0, 0.1) is 5.92 Å². The van der Waals surface area contributed by atoms with Gasteiger partial charge in [-0.15, -0.1) is 0 Å². The normalized spacial score (nSPS) is 20.7. The van der Waals surface area contributed by atoms with E-state index in [1.807, 2.05) is 54.6 Å². The Morgan fingerprint density at radius 2 is 1.71 bits per heavy atom. The summed E-state index contributed by atoms with van der Waals surface area (Å²) in [7, 11) is 0. The van der Waals surface area contributed by atoms with Crippen molar-refractivity contribution in [2.75, 3.05) is 0 Å². The van der Waals surface area contributed by atoms with Crippen LogP contribution in [0.1, 0.15) is 48.2 Å². The smallest absolute Gasteiger partial charge is 0.173 e. The van der Waals surface area contributed by atoms with Crippen LogP contribution in [0.3, 0.4) is 0 Å². The number of Topliss-reactive ketones (excluding diaryl/α,β-unsaturated/α-hetero) is 1. The molecule has 1 aliphatic rings. The molecule has 0 aliphatic carbocycles. The van der Waals surface area contributed by atoms with E-state index in [0.717, 1.165) is 30.4 Å². The van der Waals surface area contributed by atoms with E-state index in [1.165, 1.54) is 0 Å². The van der Waals surface area contributed by atoms with Crippen LogP contribution in [0.15, 0.2) is 54.6 Å². The molecular formula is C19H20O2. The molecule has 2 nitrogen and oxygen atoms in total. The summed E-state index contributed by atoms with van der Waals surface area (Å²) in [6, 6.07) is 17.7. The number of benzene rings is 2. The number of ether oxygens (including phenoxy) is 1. The third-order valence-electron chi connectivity index (χ3n) is 4.11. The molecule has 1 heterocycles. The van der Waals surface area contributed by atoms with Crippen LogP contribution in [-0.4, -0.2) is 5.78 Å². The SMILES string of the molecule is CCCCC1C(=O)c2ccccc2OC1c1ccccc1. The van der Waals surface area contributed by atoms with Gasteiger partial charge in [0.25, 0.3) is 0 Å². The number of para-hydroxylation sites is 1. The van der Waals surface area contributed by atoms with E-state index < -0.39 is 0 Å². The first-order valence-electron chi connectivity index (χ1n) is 7.66. The van der Waals surface area contributed by atoms with E-state index in [9.17, 15) is 4.79 Å². The zero-order valence-electron chi connectivity index (χ0n) is 12.3. The monoisotopic (exact) mass is 280 g/mol. The molecule has 2 aromatic carbocycles. The van der Waals surface area contributed by atoms with E-state index in [4.69, 9.17) is 4.74 Å². The Morgan fingerprint density at radius 3 is 2.48 bits per heavy atom. The van der Waals surface area contributed by atoms with Gasteiger partial charge in [-0.25, -0.2) is 0 Å². The molecule has 0 radical (unpaired) electrons. The number of hydrogen-bond donors (Lipinski definition) is 0. The first kappa shape index (κ1) is 13.9. The molecule has 2 aromatic rings. The summed E-state index contributed by atoms with van der Waals surface area (Å²) in [5.74, 6) is 0.852. The number of carbonyl (C=O) groups excluding carboxylic acids is 1. The van der Waals surface area contributed by atoms with Crippen molar-refractivity contribution in [1.29, 1.82) is 0 Å². The van der Waals surface area contributed by atoms with Crippen LogP contribution >= 0.6 is 0 Å². The van der Waals surface area contributed by atoms with Crippen LogP contribution in [0.2, 0.25) is 0 Å². The van der Waals surface area contributed by atoms with Crippen molar-refractivity contribution in [3.8, 4) is 5.75 Å². The Morgan fingerprint density at radius 1 is 1.00 bits per heavy atom. The van der Waals surface area contributed by atoms with E-state index in [1.54, 1.807) is 0 Å². The van der Waals surface area contributed by atoms with Crippen LogP contribution in [-0.2, 0) is 0 Å². The highest BCUT2D eigenvalue weighted by Gasteiger charge is 2.37.